The summed E-state index contributed by atoms with van der Waals surface area (Å²) in [6, 6.07) is -0.0736. The van der Waals surface area contributed by atoms with Crippen molar-refractivity contribution in [3.8, 4) is 0 Å². The molecular weight excluding hydrogens is 220 g/mol. The maximum Gasteiger partial charge on any atom is 0.339 e. The van der Waals surface area contributed by atoms with Crippen LogP contribution in [-0.2, 0) is 0 Å². The number of hydrogen-bond acceptors (Lipinski definition) is 3. The van der Waals surface area contributed by atoms with Gasteiger partial charge < -0.3 is 10.2 Å². The fourth-order valence-electron chi connectivity index (χ4n) is 2.67. The van der Waals surface area contributed by atoms with E-state index in [1.165, 1.54) is 0 Å². The zero-order valence-corrected chi connectivity index (χ0v) is 10.2. The first kappa shape index (κ1) is 12.1. The third kappa shape index (κ3) is 2.07. The summed E-state index contributed by atoms with van der Waals surface area (Å²) in [4.78, 5) is 11.1. The molecule has 94 valence electrons. The van der Waals surface area contributed by atoms with E-state index in [1.807, 2.05) is 0 Å². The van der Waals surface area contributed by atoms with Crippen LogP contribution in [0.2, 0.25) is 0 Å². The van der Waals surface area contributed by atoms with E-state index in [0.29, 0.717) is 11.4 Å². The average molecular weight is 238 g/mol. The van der Waals surface area contributed by atoms with Crippen LogP contribution in [0.3, 0.4) is 0 Å². The highest BCUT2D eigenvalue weighted by Gasteiger charge is 2.29. The molecule has 0 radical (unpaired) electrons. The number of rotatable bonds is 2. The Bertz CT molecular complexity index is 439. The second-order valence-corrected chi connectivity index (χ2v) is 4.71. The van der Waals surface area contributed by atoms with Crippen molar-refractivity contribution in [3.63, 3.8) is 0 Å². The number of aliphatic hydroxyl groups is 1. The largest absolute Gasteiger partial charge is 0.478 e. The predicted molar refractivity (Wildman–Crippen MR) is 62.2 cm³/mol. The first-order valence-corrected chi connectivity index (χ1v) is 5.99. The molecule has 1 aromatic heterocycles. The lowest BCUT2D eigenvalue weighted by atomic mass is 9.92. The first-order valence-electron chi connectivity index (χ1n) is 5.99. The van der Waals surface area contributed by atoms with Crippen LogP contribution in [-0.4, -0.2) is 32.1 Å². The highest BCUT2D eigenvalue weighted by molar-refractivity contribution is 5.90. The SMILES string of the molecule is Cc1nn(C2CCCCC2O)c(C)c1C(=O)O. The number of aryl methyl sites for hydroxylation is 1. The Hall–Kier alpha value is -1.36. The molecule has 0 saturated heterocycles. The number of aliphatic hydroxyl groups excluding tert-OH is 1. The number of carboxylic acid groups (broad SMARTS) is 1. The van der Waals surface area contributed by atoms with Gasteiger partial charge in [0.2, 0.25) is 0 Å². The minimum Gasteiger partial charge on any atom is -0.478 e. The molecular formula is C12H18N2O3. The van der Waals surface area contributed by atoms with E-state index in [9.17, 15) is 9.90 Å². The fraction of sp³-hybridized carbons (Fsp3) is 0.667. The molecule has 2 atom stereocenters. The van der Waals surface area contributed by atoms with Crippen molar-refractivity contribution >= 4 is 5.97 Å². The van der Waals surface area contributed by atoms with Gasteiger partial charge in [-0.15, -0.1) is 0 Å². The molecule has 1 saturated carbocycles. The number of carbonyl (C=O) groups is 1. The zero-order valence-electron chi connectivity index (χ0n) is 10.2. The van der Waals surface area contributed by atoms with Crippen LogP contribution >= 0.6 is 0 Å². The van der Waals surface area contributed by atoms with Gasteiger partial charge in [0.1, 0.15) is 5.56 Å². The summed E-state index contributed by atoms with van der Waals surface area (Å²) in [6.07, 6.45) is 3.31. The molecule has 2 rings (SSSR count). The minimum atomic E-state index is -0.948. The zero-order chi connectivity index (χ0) is 12.6. The van der Waals surface area contributed by atoms with Gasteiger partial charge in [0, 0.05) is 0 Å². The average Bonchev–Trinajstić information content (AvgIpc) is 2.55. The van der Waals surface area contributed by atoms with Gasteiger partial charge in [0.15, 0.2) is 0 Å². The molecule has 0 aromatic carbocycles. The lowest BCUT2D eigenvalue weighted by Crippen LogP contribution is -2.29. The van der Waals surface area contributed by atoms with Gasteiger partial charge in [0.05, 0.1) is 23.5 Å². The summed E-state index contributed by atoms with van der Waals surface area (Å²) in [6.45, 7) is 3.45. The third-order valence-electron chi connectivity index (χ3n) is 3.55. The highest BCUT2D eigenvalue weighted by atomic mass is 16.4. The maximum atomic E-state index is 11.1. The van der Waals surface area contributed by atoms with Crippen LogP contribution in [0.15, 0.2) is 0 Å². The van der Waals surface area contributed by atoms with Crippen LogP contribution in [0.1, 0.15) is 53.5 Å². The summed E-state index contributed by atoms with van der Waals surface area (Å²) >= 11 is 0. The van der Waals surface area contributed by atoms with E-state index in [-0.39, 0.29) is 11.6 Å². The van der Waals surface area contributed by atoms with Gasteiger partial charge in [-0.3, -0.25) is 4.68 Å². The number of hydrogen-bond donors (Lipinski definition) is 2. The number of aromatic carboxylic acids is 1. The Balaban J connectivity index is 2.39. The summed E-state index contributed by atoms with van der Waals surface area (Å²) in [5.41, 5.74) is 1.43. The summed E-state index contributed by atoms with van der Waals surface area (Å²) in [5, 5.41) is 23.4. The normalized spacial score (nSPS) is 24.9. The Labute approximate surface area is 100 Å². The van der Waals surface area contributed by atoms with Gasteiger partial charge in [-0.2, -0.15) is 5.10 Å². The van der Waals surface area contributed by atoms with Crippen molar-refractivity contribution in [1.82, 2.24) is 9.78 Å². The van der Waals surface area contributed by atoms with Crippen LogP contribution in [0, 0.1) is 13.8 Å². The number of carboxylic acids is 1. The Morgan fingerprint density at radius 3 is 2.53 bits per heavy atom. The molecule has 1 aliphatic rings. The summed E-state index contributed by atoms with van der Waals surface area (Å²) in [5.74, 6) is -0.948. The van der Waals surface area contributed by atoms with Crippen molar-refractivity contribution in [3.05, 3.63) is 17.0 Å². The summed E-state index contributed by atoms with van der Waals surface area (Å²) in [7, 11) is 0. The van der Waals surface area contributed by atoms with Crippen LogP contribution in [0.4, 0.5) is 0 Å². The van der Waals surface area contributed by atoms with Gasteiger partial charge in [-0.1, -0.05) is 12.8 Å². The van der Waals surface area contributed by atoms with Crippen molar-refractivity contribution in [2.45, 2.75) is 51.7 Å². The Morgan fingerprint density at radius 1 is 1.35 bits per heavy atom. The van der Waals surface area contributed by atoms with E-state index in [4.69, 9.17) is 5.11 Å². The number of nitrogens with zero attached hydrogens (tertiary/aromatic N) is 2. The molecule has 0 spiro atoms. The molecule has 1 heterocycles. The Kier molecular flexibility index (Phi) is 3.19. The number of aromatic nitrogens is 2. The monoisotopic (exact) mass is 238 g/mol. The maximum absolute atomic E-state index is 11.1. The fourth-order valence-corrected chi connectivity index (χ4v) is 2.67. The first-order chi connectivity index (χ1) is 8.02. The minimum absolute atomic E-state index is 0.0736. The summed E-state index contributed by atoms with van der Waals surface area (Å²) < 4.78 is 1.70. The van der Waals surface area contributed by atoms with Crippen molar-refractivity contribution in [2.75, 3.05) is 0 Å². The van der Waals surface area contributed by atoms with Crippen LogP contribution < -0.4 is 0 Å². The van der Waals surface area contributed by atoms with E-state index >= 15 is 0 Å². The van der Waals surface area contributed by atoms with Crippen molar-refractivity contribution < 1.29 is 15.0 Å². The topological polar surface area (TPSA) is 75.3 Å². The molecule has 1 aromatic rings. The molecule has 2 unspecified atom stereocenters. The lowest BCUT2D eigenvalue weighted by Gasteiger charge is -2.28. The van der Waals surface area contributed by atoms with Gasteiger partial charge in [-0.25, -0.2) is 4.79 Å². The standard InChI is InChI=1S/C12H18N2O3/c1-7-11(12(16)17)8(2)14(13-7)9-5-3-4-6-10(9)15/h9-10,15H,3-6H2,1-2H3,(H,16,17). The lowest BCUT2D eigenvalue weighted by molar-refractivity contribution is 0.0663. The molecule has 0 aliphatic heterocycles. The molecule has 1 fully saturated rings. The van der Waals surface area contributed by atoms with Crippen LogP contribution in [0.5, 0.6) is 0 Å². The quantitative estimate of drug-likeness (QED) is 0.821. The molecule has 0 bridgehead atoms. The molecule has 0 amide bonds. The van der Waals surface area contributed by atoms with Crippen molar-refractivity contribution in [2.24, 2.45) is 0 Å². The molecule has 2 N–H and O–H groups in total. The predicted octanol–water partition coefficient (Wildman–Crippen LogP) is 1.67. The van der Waals surface area contributed by atoms with Crippen LogP contribution in [0.25, 0.3) is 0 Å². The van der Waals surface area contributed by atoms with E-state index < -0.39 is 12.1 Å². The van der Waals surface area contributed by atoms with E-state index in [1.54, 1.807) is 18.5 Å². The smallest absolute Gasteiger partial charge is 0.339 e. The second-order valence-electron chi connectivity index (χ2n) is 4.71. The van der Waals surface area contributed by atoms with Gasteiger partial charge in [0.25, 0.3) is 0 Å². The van der Waals surface area contributed by atoms with Gasteiger partial charge >= 0.3 is 5.97 Å². The second kappa shape index (κ2) is 4.49. The Morgan fingerprint density at radius 2 is 2.00 bits per heavy atom. The van der Waals surface area contributed by atoms with Gasteiger partial charge in [-0.05, 0) is 26.7 Å². The van der Waals surface area contributed by atoms with Crippen molar-refractivity contribution in [1.29, 1.82) is 0 Å². The van der Waals surface area contributed by atoms with E-state index in [2.05, 4.69) is 5.10 Å². The highest BCUT2D eigenvalue weighted by Crippen LogP contribution is 2.30. The molecule has 5 heteroatoms. The molecule has 1 aliphatic carbocycles. The van der Waals surface area contributed by atoms with E-state index in [0.717, 1.165) is 25.7 Å². The molecule has 5 nitrogen and oxygen atoms in total. The molecule has 17 heavy (non-hydrogen) atoms. The third-order valence-corrected chi connectivity index (χ3v) is 3.55.